The molecule has 0 amide bonds. The van der Waals surface area contributed by atoms with Gasteiger partial charge >= 0.3 is 12.1 Å². The van der Waals surface area contributed by atoms with Gasteiger partial charge in [0.25, 0.3) is 0 Å². The van der Waals surface area contributed by atoms with E-state index in [1.807, 2.05) is 0 Å². The Morgan fingerprint density at radius 3 is 2.68 bits per heavy atom. The first-order chi connectivity index (χ1) is 8.84. The molecule has 0 spiro atoms. The molecule has 106 valence electrons. The normalized spacial score (nSPS) is 26.4. The third-order valence-electron chi connectivity index (χ3n) is 3.36. The number of carbonyl (C=O) groups is 1. The highest BCUT2D eigenvalue weighted by Crippen LogP contribution is 2.54. The highest BCUT2D eigenvalue weighted by atomic mass is 19.4. The zero-order valence-corrected chi connectivity index (χ0v) is 10.5. The molecule has 0 heterocycles. The molecule has 2 atom stereocenters. The quantitative estimate of drug-likeness (QED) is 0.629. The maximum Gasteiger partial charge on any atom is 0.433 e. The van der Waals surface area contributed by atoms with Crippen LogP contribution >= 0.6 is 0 Å². The second kappa shape index (κ2) is 4.86. The summed E-state index contributed by atoms with van der Waals surface area (Å²) in [5.41, 5.74) is 5.02. The summed E-state index contributed by atoms with van der Waals surface area (Å²) in [5.74, 6) is -0.470. The molecule has 0 aromatic heterocycles. The van der Waals surface area contributed by atoms with Gasteiger partial charge in [-0.15, -0.1) is 0 Å². The monoisotopic (exact) mass is 276 g/mol. The van der Waals surface area contributed by atoms with Gasteiger partial charge in [0.2, 0.25) is 0 Å². The Labute approximate surface area is 108 Å². The smallest absolute Gasteiger partial charge is 0.433 e. The average molecular weight is 276 g/mol. The van der Waals surface area contributed by atoms with Gasteiger partial charge < -0.3 is 10.5 Å². The largest absolute Gasteiger partial charge is 0.465 e. The summed E-state index contributed by atoms with van der Waals surface area (Å²) in [7, 11) is 0. The van der Waals surface area contributed by atoms with Crippen LogP contribution in [0.1, 0.15) is 19.8 Å². The van der Waals surface area contributed by atoms with Gasteiger partial charge in [0.15, 0.2) is 0 Å². The van der Waals surface area contributed by atoms with Crippen molar-refractivity contribution in [1.82, 2.24) is 0 Å². The fourth-order valence-corrected chi connectivity index (χ4v) is 2.40. The molecule has 2 rings (SSSR count). The van der Waals surface area contributed by atoms with E-state index >= 15 is 0 Å². The van der Waals surface area contributed by atoms with Crippen LogP contribution in [-0.2, 0) is 9.53 Å². The molecule has 0 bridgehead atoms. The van der Waals surface area contributed by atoms with Crippen LogP contribution in [0.15, 0.2) is 16.3 Å². The molecule has 0 aliphatic heterocycles. The van der Waals surface area contributed by atoms with Gasteiger partial charge in [-0.2, -0.15) is 13.2 Å². The SMILES string of the molecule is CCOC(=O)CN=C(C1=C(N)C2CC2C1)C(F)(F)F. The van der Waals surface area contributed by atoms with Crippen LogP contribution in [0.25, 0.3) is 0 Å². The van der Waals surface area contributed by atoms with Crippen LogP contribution < -0.4 is 5.73 Å². The minimum atomic E-state index is -4.59. The van der Waals surface area contributed by atoms with Crippen molar-refractivity contribution in [1.29, 1.82) is 0 Å². The third-order valence-corrected chi connectivity index (χ3v) is 3.36. The summed E-state index contributed by atoms with van der Waals surface area (Å²) in [6, 6.07) is 0. The van der Waals surface area contributed by atoms with Crippen LogP contribution in [0.4, 0.5) is 13.2 Å². The zero-order valence-electron chi connectivity index (χ0n) is 10.5. The van der Waals surface area contributed by atoms with E-state index in [0.29, 0.717) is 6.42 Å². The van der Waals surface area contributed by atoms with Crippen molar-refractivity contribution >= 4 is 11.7 Å². The number of rotatable bonds is 4. The molecule has 2 aliphatic rings. The van der Waals surface area contributed by atoms with Gasteiger partial charge in [0.1, 0.15) is 12.3 Å². The number of nitrogens with zero attached hydrogens (tertiary/aromatic N) is 1. The van der Waals surface area contributed by atoms with E-state index < -0.39 is 24.4 Å². The lowest BCUT2D eigenvalue weighted by molar-refractivity contribution is -0.141. The van der Waals surface area contributed by atoms with Crippen LogP contribution in [0.5, 0.6) is 0 Å². The summed E-state index contributed by atoms with van der Waals surface area (Å²) in [6.07, 6.45) is -3.43. The van der Waals surface area contributed by atoms with Crippen molar-refractivity contribution in [3.63, 3.8) is 0 Å². The predicted molar refractivity (Wildman–Crippen MR) is 62.4 cm³/mol. The lowest BCUT2D eigenvalue weighted by atomic mass is 10.1. The van der Waals surface area contributed by atoms with E-state index in [4.69, 9.17) is 5.73 Å². The van der Waals surface area contributed by atoms with Gasteiger partial charge in [-0.25, -0.2) is 0 Å². The minimum Gasteiger partial charge on any atom is -0.465 e. The second-order valence-corrected chi connectivity index (χ2v) is 4.71. The zero-order chi connectivity index (χ0) is 14.2. The average Bonchev–Trinajstić information content (AvgIpc) is 2.98. The highest BCUT2D eigenvalue weighted by Gasteiger charge is 2.51. The number of hydrogen-bond donors (Lipinski definition) is 1. The summed E-state index contributed by atoms with van der Waals surface area (Å²) in [6.45, 7) is 1.07. The van der Waals surface area contributed by atoms with Crippen molar-refractivity contribution in [3.8, 4) is 0 Å². The van der Waals surface area contributed by atoms with Crippen molar-refractivity contribution in [2.45, 2.75) is 25.9 Å². The molecule has 19 heavy (non-hydrogen) atoms. The van der Waals surface area contributed by atoms with Crippen LogP contribution in [0.2, 0.25) is 0 Å². The number of hydrogen-bond acceptors (Lipinski definition) is 4. The van der Waals surface area contributed by atoms with Crippen molar-refractivity contribution in [3.05, 3.63) is 11.3 Å². The second-order valence-electron chi connectivity index (χ2n) is 4.71. The number of allylic oxidation sites excluding steroid dienone is 2. The molecule has 0 saturated heterocycles. The first-order valence-corrected chi connectivity index (χ1v) is 6.10. The maximum absolute atomic E-state index is 13.0. The minimum absolute atomic E-state index is 0.0537. The molecule has 0 radical (unpaired) electrons. The first-order valence-electron chi connectivity index (χ1n) is 6.10. The van der Waals surface area contributed by atoms with E-state index in [2.05, 4.69) is 9.73 Å². The molecule has 2 aliphatic carbocycles. The molecule has 1 fully saturated rings. The summed E-state index contributed by atoms with van der Waals surface area (Å²) in [5, 5.41) is 0. The Hall–Kier alpha value is -1.53. The van der Waals surface area contributed by atoms with Gasteiger partial charge in [-0.3, -0.25) is 9.79 Å². The number of aliphatic imine (C=N–C) groups is 1. The van der Waals surface area contributed by atoms with E-state index in [9.17, 15) is 18.0 Å². The van der Waals surface area contributed by atoms with Gasteiger partial charge in [-0.1, -0.05) is 0 Å². The Bertz CT molecular complexity index is 454. The fourth-order valence-electron chi connectivity index (χ4n) is 2.40. The molecular weight excluding hydrogens is 261 g/mol. The van der Waals surface area contributed by atoms with E-state index in [1.165, 1.54) is 0 Å². The number of ether oxygens (including phenoxy) is 1. The molecule has 1 saturated carbocycles. The number of halogens is 3. The Balaban J connectivity index is 2.18. The number of esters is 1. The van der Waals surface area contributed by atoms with Gasteiger partial charge in [-0.05, 0) is 25.7 Å². The van der Waals surface area contributed by atoms with Crippen LogP contribution in [0.3, 0.4) is 0 Å². The van der Waals surface area contributed by atoms with Crippen molar-refractivity contribution in [2.24, 2.45) is 22.6 Å². The number of fused-ring (bicyclic) bond motifs is 1. The summed E-state index contributed by atoms with van der Waals surface area (Å²) in [4.78, 5) is 14.5. The molecule has 0 aromatic carbocycles. The van der Waals surface area contributed by atoms with Crippen LogP contribution in [-0.4, -0.2) is 31.0 Å². The van der Waals surface area contributed by atoms with E-state index in [1.54, 1.807) is 6.92 Å². The Kier molecular flexibility index (Phi) is 3.56. The van der Waals surface area contributed by atoms with Crippen molar-refractivity contribution in [2.75, 3.05) is 13.2 Å². The van der Waals surface area contributed by atoms with Gasteiger partial charge in [0, 0.05) is 17.2 Å². The highest BCUT2D eigenvalue weighted by molar-refractivity contribution is 6.06. The Morgan fingerprint density at radius 1 is 1.53 bits per heavy atom. The summed E-state index contributed by atoms with van der Waals surface area (Å²) >= 11 is 0. The molecule has 2 unspecified atom stereocenters. The number of alkyl halides is 3. The first kappa shape index (κ1) is 13.9. The molecule has 7 heteroatoms. The fraction of sp³-hybridized carbons (Fsp3) is 0.667. The Morgan fingerprint density at radius 2 is 2.21 bits per heavy atom. The van der Waals surface area contributed by atoms with Crippen molar-refractivity contribution < 1.29 is 22.7 Å². The lowest BCUT2D eigenvalue weighted by Crippen LogP contribution is -2.28. The summed E-state index contributed by atoms with van der Waals surface area (Å²) < 4.78 is 43.4. The molecular formula is C12H15F3N2O2. The van der Waals surface area contributed by atoms with E-state index in [0.717, 1.165) is 6.42 Å². The van der Waals surface area contributed by atoms with Gasteiger partial charge in [0.05, 0.1) is 6.61 Å². The molecule has 2 N–H and O–H groups in total. The topological polar surface area (TPSA) is 64.7 Å². The number of nitrogens with two attached hydrogens (primary N) is 1. The predicted octanol–water partition coefficient (Wildman–Crippen LogP) is 1.81. The molecule has 4 nitrogen and oxygen atoms in total. The maximum atomic E-state index is 13.0. The third kappa shape index (κ3) is 2.90. The standard InChI is InChI=1S/C12H15F3N2O2/c1-2-19-9(18)5-17-11(12(13,14)15)8-4-6-3-7(6)10(8)16/h6-7H,2-5,16H2,1H3. The van der Waals surface area contributed by atoms with Crippen LogP contribution in [0, 0.1) is 11.8 Å². The van der Waals surface area contributed by atoms with E-state index in [-0.39, 0.29) is 29.7 Å². The molecule has 0 aromatic rings. The number of carbonyl (C=O) groups excluding carboxylic acids is 1. The lowest BCUT2D eigenvalue weighted by Gasteiger charge is -2.14.